The summed E-state index contributed by atoms with van der Waals surface area (Å²) in [5.41, 5.74) is 7.23. The summed E-state index contributed by atoms with van der Waals surface area (Å²) in [4.78, 5) is 2.60. The van der Waals surface area contributed by atoms with Crippen molar-refractivity contribution in [2.24, 2.45) is 5.73 Å². The molecule has 3 nitrogen and oxygen atoms in total. The van der Waals surface area contributed by atoms with E-state index in [-0.39, 0.29) is 0 Å². The number of hydrogen-bond donors (Lipinski definition) is 2. The maximum atomic E-state index is 9.68. The van der Waals surface area contributed by atoms with Crippen LogP contribution < -0.4 is 5.73 Å². The van der Waals surface area contributed by atoms with E-state index in [0.29, 0.717) is 23.9 Å². The monoisotopic (exact) mass is 276 g/mol. The van der Waals surface area contributed by atoms with Gasteiger partial charge in [0.15, 0.2) is 0 Å². The standard InChI is InChI=1S/C17H28N2O/c1-3-11-19(16-9-7-15(18)8-10-16)13(2)14-5-4-6-17(20)12-14/h4-6,12-13,15-16,20H,3,7-11,18H2,1-2H3. The van der Waals surface area contributed by atoms with Gasteiger partial charge in [-0.3, -0.25) is 4.90 Å². The molecule has 0 bridgehead atoms. The molecular formula is C17H28N2O. The van der Waals surface area contributed by atoms with Crippen LogP contribution in [-0.2, 0) is 0 Å². The van der Waals surface area contributed by atoms with Crippen molar-refractivity contribution in [3.05, 3.63) is 29.8 Å². The van der Waals surface area contributed by atoms with E-state index in [9.17, 15) is 5.11 Å². The Morgan fingerprint density at radius 3 is 2.60 bits per heavy atom. The molecule has 1 aliphatic rings. The minimum atomic E-state index is 0.348. The first kappa shape index (κ1) is 15.3. The van der Waals surface area contributed by atoms with Crippen molar-refractivity contribution in [2.45, 2.75) is 64.1 Å². The van der Waals surface area contributed by atoms with Crippen LogP contribution in [0.3, 0.4) is 0 Å². The van der Waals surface area contributed by atoms with Gasteiger partial charge in [0.25, 0.3) is 0 Å². The Kier molecular flexibility index (Phi) is 5.44. The molecule has 3 N–H and O–H groups in total. The van der Waals surface area contributed by atoms with E-state index >= 15 is 0 Å². The van der Waals surface area contributed by atoms with Gasteiger partial charge in [0.2, 0.25) is 0 Å². The Morgan fingerprint density at radius 1 is 1.30 bits per heavy atom. The molecule has 20 heavy (non-hydrogen) atoms. The van der Waals surface area contributed by atoms with Gasteiger partial charge < -0.3 is 10.8 Å². The quantitative estimate of drug-likeness (QED) is 0.866. The summed E-state index contributed by atoms with van der Waals surface area (Å²) < 4.78 is 0. The van der Waals surface area contributed by atoms with Crippen LogP contribution in [0.2, 0.25) is 0 Å². The molecule has 0 aromatic heterocycles. The van der Waals surface area contributed by atoms with Crippen molar-refractivity contribution in [3.63, 3.8) is 0 Å². The zero-order valence-corrected chi connectivity index (χ0v) is 12.8. The highest BCUT2D eigenvalue weighted by Crippen LogP contribution is 2.31. The van der Waals surface area contributed by atoms with Crippen molar-refractivity contribution < 1.29 is 5.11 Å². The molecule has 1 aliphatic carbocycles. The summed E-state index contributed by atoms with van der Waals surface area (Å²) >= 11 is 0. The Bertz CT molecular complexity index is 413. The van der Waals surface area contributed by atoms with E-state index in [1.165, 1.54) is 18.4 Å². The van der Waals surface area contributed by atoms with Crippen LogP contribution in [0.15, 0.2) is 24.3 Å². The van der Waals surface area contributed by atoms with Gasteiger partial charge in [-0.15, -0.1) is 0 Å². The number of nitrogens with two attached hydrogens (primary N) is 1. The highest BCUT2D eigenvalue weighted by molar-refractivity contribution is 5.29. The van der Waals surface area contributed by atoms with E-state index in [1.54, 1.807) is 6.07 Å². The number of hydrogen-bond acceptors (Lipinski definition) is 3. The third kappa shape index (κ3) is 3.74. The fourth-order valence-electron chi connectivity index (χ4n) is 3.36. The van der Waals surface area contributed by atoms with Crippen molar-refractivity contribution in [3.8, 4) is 5.75 Å². The zero-order chi connectivity index (χ0) is 14.5. The number of phenolic OH excluding ortho intramolecular Hbond substituents is 1. The molecule has 3 heteroatoms. The third-order valence-corrected chi connectivity index (χ3v) is 4.54. The minimum Gasteiger partial charge on any atom is -0.508 e. The van der Waals surface area contributed by atoms with Gasteiger partial charge in [0, 0.05) is 18.1 Å². The number of benzene rings is 1. The lowest BCUT2D eigenvalue weighted by Crippen LogP contribution is -2.42. The van der Waals surface area contributed by atoms with E-state index in [4.69, 9.17) is 5.73 Å². The van der Waals surface area contributed by atoms with Gasteiger partial charge in [-0.1, -0.05) is 19.1 Å². The molecule has 1 atom stereocenters. The summed E-state index contributed by atoms with van der Waals surface area (Å²) in [7, 11) is 0. The van der Waals surface area contributed by atoms with E-state index < -0.39 is 0 Å². The Morgan fingerprint density at radius 2 is 2.00 bits per heavy atom. The minimum absolute atomic E-state index is 0.348. The molecule has 0 amide bonds. The fourth-order valence-corrected chi connectivity index (χ4v) is 3.36. The normalized spacial score (nSPS) is 24.8. The molecule has 0 spiro atoms. The maximum absolute atomic E-state index is 9.68. The second-order valence-corrected chi connectivity index (χ2v) is 6.08. The summed E-state index contributed by atoms with van der Waals surface area (Å²) in [5.74, 6) is 0.358. The molecule has 1 fully saturated rings. The van der Waals surface area contributed by atoms with E-state index in [1.807, 2.05) is 12.1 Å². The van der Waals surface area contributed by atoms with Gasteiger partial charge in [-0.25, -0.2) is 0 Å². The average molecular weight is 276 g/mol. The fraction of sp³-hybridized carbons (Fsp3) is 0.647. The van der Waals surface area contributed by atoms with E-state index in [2.05, 4.69) is 24.8 Å². The molecule has 0 radical (unpaired) electrons. The van der Waals surface area contributed by atoms with Crippen LogP contribution in [-0.4, -0.2) is 28.6 Å². The predicted octanol–water partition coefficient (Wildman–Crippen LogP) is 3.44. The molecular weight excluding hydrogens is 248 g/mol. The second kappa shape index (κ2) is 7.09. The zero-order valence-electron chi connectivity index (χ0n) is 12.8. The van der Waals surface area contributed by atoms with Crippen molar-refractivity contribution in [2.75, 3.05) is 6.54 Å². The first-order chi connectivity index (χ1) is 9.61. The first-order valence-electron chi connectivity index (χ1n) is 7.92. The molecule has 0 aliphatic heterocycles. The molecule has 1 unspecified atom stereocenters. The highest BCUT2D eigenvalue weighted by atomic mass is 16.3. The first-order valence-corrected chi connectivity index (χ1v) is 7.92. The number of rotatable bonds is 5. The Labute approximate surface area is 122 Å². The van der Waals surface area contributed by atoms with Gasteiger partial charge in [-0.05, 0) is 63.3 Å². The van der Waals surface area contributed by atoms with Crippen LogP contribution in [0.4, 0.5) is 0 Å². The summed E-state index contributed by atoms with van der Waals surface area (Å²) in [6.07, 6.45) is 5.83. The van der Waals surface area contributed by atoms with Crippen molar-refractivity contribution in [1.82, 2.24) is 4.90 Å². The van der Waals surface area contributed by atoms with Gasteiger partial charge in [-0.2, -0.15) is 0 Å². The van der Waals surface area contributed by atoms with Crippen LogP contribution in [0, 0.1) is 0 Å². The molecule has 112 valence electrons. The van der Waals surface area contributed by atoms with Gasteiger partial charge in [0.1, 0.15) is 5.75 Å². The lowest BCUT2D eigenvalue weighted by molar-refractivity contribution is 0.107. The summed E-state index contributed by atoms with van der Waals surface area (Å²) in [6, 6.07) is 9.05. The molecule has 1 aromatic carbocycles. The smallest absolute Gasteiger partial charge is 0.115 e. The summed E-state index contributed by atoms with van der Waals surface area (Å²) in [6.45, 7) is 5.59. The van der Waals surface area contributed by atoms with Gasteiger partial charge >= 0.3 is 0 Å². The predicted molar refractivity (Wildman–Crippen MR) is 83.8 cm³/mol. The lowest BCUT2D eigenvalue weighted by atomic mass is 9.89. The van der Waals surface area contributed by atoms with Crippen LogP contribution in [0.1, 0.15) is 57.6 Å². The van der Waals surface area contributed by atoms with Crippen LogP contribution in [0.25, 0.3) is 0 Å². The number of phenols is 1. The van der Waals surface area contributed by atoms with Crippen LogP contribution >= 0.6 is 0 Å². The average Bonchev–Trinajstić information content (AvgIpc) is 2.45. The largest absolute Gasteiger partial charge is 0.508 e. The SMILES string of the molecule is CCCN(C1CCC(N)CC1)C(C)c1cccc(O)c1. The lowest BCUT2D eigenvalue weighted by Gasteiger charge is -2.40. The van der Waals surface area contributed by atoms with E-state index in [0.717, 1.165) is 25.8 Å². The Balaban J connectivity index is 2.11. The Hall–Kier alpha value is -1.06. The molecule has 1 aromatic rings. The maximum Gasteiger partial charge on any atom is 0.115 e. The second-order valence-electron chi connectivity index (χ2n) is 6.08. The topological polar surface area (TPSA) is 49.5 Å². The van der Waals surface area contributed by atoms with Crippen molar-refractivity contribution in [1.29, 1.82) is 0 Å². The third-order valence-electron chi connectivity index (χ3n) is 4.54. The highest BCUT2D eigenvalue weighted by Gasteiger charge is 2.27. The van der Waals surface area contributed by atoms with Crippen LogP contribution in [0.5, 0.6) is 5.75 Å². The van der Waals surface area contributed by atoms with Crippen molar-refractivity contribution >= 4 is 0 Å². The molecule has 0 heterocycles. The molecule has 0 saturated heterocycles. The molecule has 2 rings (SSSR count). The van der Waals surface area contributed by atoms with Gasteiger partial charge in [0.05, 0.1) is 0 Å². The molecule has 1 saturated carbocycles. The summed E-state index contributed by atoms with van der Waals surface area (Å²) in [5, 5.41) is 9.68. The number of nitrogens with zero attached hydrogens (tertiary/aromatic N) is 1. The number of aromatic hydroxyl groups is 1.